The number of imide groups is 1. The highest BCUT2D eigenvalue weighted by atomic mass is 16.2. The standard InChI is InChI=1S/C13H13NO2/c15-12-7-11(13(16)14-12)10-5-8-3-1-2-4-9(8)6-10/h1-4,10-11H,5-7H2,(H,14,15,16). The van der Waals surface area contributed by atoms with Crippen LogP contribution in [0.3, 0.4) is 0 Å². The van der Waals surface area contributed by atoms with Gasteiger partial charge in [0, 0.05) is 6.42 Å². The summed E-state index contributed by atoms with van der Waals surface area (Å²) in [7, 11) is 0. The van der Waals surface area contributed by atoms with Crippen molar-refractivity contribution in [3.63, 3.8) is 0 Å². The maximum Gasteiger partial charge on any atom is 0.230 e. The van der Waals surface area contributed by atoms with Gasteiger partial charge in [-0.3, -0.25) is 14.9 Å². The summed E-state index contributed by atoms with van der Waals surface area (Å²) in [5.41, 5.74) is 2.67. The molecule has 1 aromatic rings. The van der Waals surface area contributed by atoms with Gasteiger partial charge >= 0.3 is 0 Å². The van der Waals surface area contributed by atoms with Crippen molar-refractivity contribution >= 4 is 11.8 Å². The number of benzene rings is 1. The molecule has 3 heteroatoms. The second-order valence-corrected chi connectivity index (χ2v) is 4.66. The summed E-state index contributed by atoms with van der Waals surface area (Å²) in [6, 6.07) is 8.29. The SMILES string of the molecule is O=C1CC(C2Cc3ccccc3C2)C(=O)N1. The Morgan fingerprint density at radius 1 is 1.00 bits per heavy atom. The molecule has 1 unspecified atom stereocenters. The molecule has 0 aromatic heterocycles. The third-order valence-corrected chi connectivity index (χ3v) is 3.66. The molecule has 1 fully saturated rings. The minimum atomic E-state index is -0.119. The van der Waals surface area contributed by atoms with Crippen molar-refractivity contribution in [2.24, 2.45) is 11.8 Å². The number of fused-ring (bicyclic) bond motifs is 1. The largest absolute Gasteiger partial charge is 0.296 e. The molecule has 3 rings (SSSR count). The predicted octanol–water partition coefficient (Wildman–Crippen LogP) is 1.06. The van der Waals surface area contributed by atoms with Crippen LogP contribution in [0.4, 0.5) is 0 Å². The molecule has 1 N–H and O–H groups in total. The third-order valence-electron chi connectivity index (χ3n) is 3.66. The van der Waals surface area contributed by atoms with Crippen LogP contribution in [0.2, 0.25) is 0 Å². The summed E-state index contributed by atoms with van der Waals surface area (Å²) in [5.74, 6) is -0.00230. The van der Waals surface area contributed by atoms with Crippen LogP contribution in [0.5, 0.6) is 0 Å². The van der Waals surface area contributed by atoms with Crippen LogP contribution < -0.4 is 5.32 Å². The fraction of sp³-hybridized carbons (Fsp3) is 0.385. The normalized spacial score (nSPS) is 24.6. The summed E-state index contributed by atoms with van der Waals surface area (Å²) in [6.07, 6.45) is 2.24. The van der Waals surface area contributed by atoms with E-state index >= 15 is 0 Å². The quantitative estimate of drug-likeness (QED) is 0.712. The minimum Gasteiger partial charge on any atom is -0.296 e. The molecule has 1 heterocycles. The monoisotopic (exact) mass is 215 g/mol. The van der Waals surface area contributed by atoms with Gasteiger partial charge in [-0.25, -0.2) is 0 Å². The molecule has 0 bridgehead atoms. The molecule has 0 spiro atoms. The van der Waals surface area contributed by atoms with Crippen molar-refractivity contribution in [3.8, 4) is 0 Å². The van der Waals surface area contributed by atoms with Crippen molar-refractivity contribution in [3.05, 3.63) is 35.4 Å². The third kappa shape index (κ3) is 1.43. The lowest BCUT2D eigenvalue weighted by Crippen LogP contribution is -2.26. The van der Waals surface area contributed by atoms with E-state index in [4.69, 9.17) is 0 Å². The zero-order valence-corrected chi connectivity index (χ0v) is 8.90. The number of hydrogen-bond acceptors (Lipinski definition) is 2. The van der Waals surface area contributed by atoms with Gasteiger partial charge in [0.2, 0.25) is 11.8 Å². The number of hydrogen-bond donors (Lipinski definition) is 1. The molecule has 1 saturated heterocycles. The van der Waals surface area contributed by atoms with E-state index in [9.17, 15) is 9.59 Å². The minimum absolute atomic E-state index is 0.0807. The number of amides is 2. The van der Waals surface area contributed by atoms with Gasteiger partial charge in [0.1, 0.15) is 0 Å². The van der Waals surface area contributed by atoms with Crippen molar-refractivity contribution in [2.75, 3.05) is 0 Å². The lowest BCUT2D eigenvalue weighted by atomic mass is 9.88. The van der Waals surface area contributed by atoms with Crippen LogP contribution in [0.15, 0.2) is 24.3 Å². The van der Waals surface area contributed by atoms with Crippen molar-refractivity contribution < 1.29 is 9.59 Å². The molecule has 82 valence electrons. The second kappa shape index (κ2) is 3.44. The molecular formula is C13H13NO2. The summed E-state index contributed by atoms with van der Waals surface area (Å²) < 4.78 is 0. The van der Waals surface area contributed by atoms with Crippen LogP contribution in [-0.4, -0.2) is 11.8 Å². The first-order valence-electron chi connectivity index (χ1n) is 5.64. The van der Waals surface area contributed by atoms with E-state index in [1.165, 1.54) is 11.1 Å². The summed E-state index contributed by atoms with van der Waals surface area (Å²) in [5, 5.41) is 2.39. The van der Waals surface area contributed by atoms with E-state index in [2.05, 4.69) is 17.4 Å². The van der Waals surface area contributed by atoms with E-state index in [0.29, 0.717) is 12.3 Å². The van der Waals surface area contributed by atoms with E-state index in [1.54, 1.807) is 0 Å². The molecule has 1 aliphatic heterocycles. The molecule has 2 aliphatic rings. The average Bonchev–Trinajstić information content (AvgIpc) is 2.81. The fourth-order valence-electron chi connectivity index (χ4n) is 2.83. The molecule has 0 radical (unpaired) electrons. The molecule has 2 amide bonds. The van der Waals surface area contributed by atoms with Gasteiger partial charge in [-0.05, 0) is 29.9 Å². The van der Waals surface area contributed by atoms with Crippen LogP contribution in [-0.2, 0) is 22.4 Å². The molecule has 3 nitrogen and oxygen atoms in total. The predicted molar refractivity (Wildman–Crippen MR) is 58.6 cm³/mol. The number of rotatable bonds is 1. The number of carbonyl (C=O) groups excluding carboxylic acids is 2. The van der Waals surface area contributed by atoms with Gasteiger partial charge in [0.05, 0.1) is 5.92 Å². The van der Waals surface area contributed by atoms with Crippen LogP contribution >= 0.6 is 0 Å². The highest BCUT2D eigenvalue weighted by Gasteiger charge is 2.39. The van der Waals surface area contributed by atoms with Gasteiger partial charge < -0.3 is 0 Å². The molecule has 1 aromatic carbocycles. The maximum absolute atomic E-state index is 11.6. The zero-order chi connectivity index (χ0) is 11.1. The Morgan fingerprint density at radius 2 is 1.62 bits per heavy atom. The van der Waals surface area contributed by atoms with Crippen LogP contribution in [0.1, 0.15) is 17.5 Å². The van der Waals surface area contributed by atoms with E-state index in [0.717, 1.165) is 12.8 Å². The van der Waals surface area contributed by atoms with Crippen LogP contribution in [0, 0.1) is 11.8 Å². The smallest absolute Gasteiger partial charge is 0.230 e. The lowest BCUT2D eigenvalue weighted by molar-refractivity contribution is -0.126. The van der Waals surface area contributed by atoms with Gasteiger partial charge in [-0.1, -0.05) is 24.3 Å². The van der Waals surface area contributed by atoms with Crippen molar-refractivity contribution in [2.45, 2.75) is 19.3 Å². The van der Waals surface area contributed by atoms with E-state index in [-0.39, 0.29) is 17.7 Å². The molecular weight excluding hydrogens is 202 g/mol. The summed E-state index contributed by atoms with van der Waals surface area (Å²) in [4.78, 5) is 22.8. The maximum atomic E-state index is 11.6. The first-order valence-corrected chi connectivity index (χ1v) is 5.64. The second-order valence-electron chi connectivity index (χ2n) is 4.66. The van der Waals surface area contributed by atoms with Gasteiger partial charge in [-0.2, -0.15) is 0 Å². The van der Waals surface area contributed by atoms with Gasteiger partial charge in [0.25, 0.3) is 0 Å². The summed E-state index contributed by atoms with van der Waals surface area (Å²) >= 11 is 0. The molecule has 1 atom stereocenters. The lowest BCUT2D eigenvalue weighted by Gasteiger charge is -2.13. The van der Waals surface area contributed by atoms with Crippen LogP contribution in [0.25, 0.3) is 0 Å². The highest BCUT2D eigenvalue weighted by Crippen LogP contribution is 2.34. The van der Waals surface area contributed by atoms with Gasteiger partial charge in [-0.15, -0.1) is 0 Å². The fourth-order valence-corrected chi connectivity index (χ4v) is 2.83. The first kappa shape index (κ1) is 9.58. The molecule has 0 saturated carbocycles. The Labute approximate surface area is 93.8 Å². The number of nitrogens with one attached hydrogen (secondary N) is 1. The topological polar surface area (TPSA) is 46.2 Å². The first-order chi connectivity index (χ1) is 7.74. The number of carbonyl (C=O) groups is 2. The molecule has 16 heavy (non-hydrogen) atoms. The summed E-state index contributed by atoms with van der Waals surface area (Å²) in [6.45, 7) is 0. The Kier molecular flexibility index (Phi) is 2.06. The zero-order valence-electron chi connectivity index (χ0n) is 8.90. The van der Waals surface area contributed by atoms with Crippen molar-refractivity contribution in [1.29, 1.82) is 0 Å². The Bertz CT molecular complexity index is 442. The van der Waals surface area contributed by atoms with Crippen molar-refractivity contribution in [1.82, 2.24) is 5.32 Å². The van der Waals surface area contributed by atoms with Gasteiger partial charge in [0.15, 0.2) is 0 Å². The Balaban J connectivity index is 1.81. The molecule has 1 aliphatic carbocycles. The Hall–Kier alpha value is -1.64. The average molecular weight is 215 g/mol. The van der Waals surface area contributed by atoms with E-state index in [1.807, 2.05) is 12.1 Å². The Morgan fingerprint density at radius 3 is 2.12 bits per heavy atom. The highest BCUT2D eigenvalue weighted by molar-refractivity contribution is 6.03. The van der Waals surface area contributed by atoms with E-state index < -0.39 is 0 Å².